The van der Waals surface area contributed by atoms with E-state index in [2.05, 4.69) is 35.6 Å². The molecule has 3 heterocycles. The number of nitrogens with zero attached hydrogens (tertiary/aromatic N) is 5. The second-order valence-corrected chi connectivity index (χ2v) is 6.59. The quantitative estimate of drug-likeness (QED) is 0.420. The van der Waals surface area contributed by atoms with E-state index in [1.807, 2.05) is 25.1 Å². The molecule has 8 nitrogen and oxygen atoms in total. The highest BCUT2D eigenvalue weighted by molar-refractivity contribution is 6.33. The molecule has 0 amide bonds. The van der Waals surface area contributed by atoms with E-state index < -0.39 is 0 Å². The molecular formula is C20H17ClN8. The second kappa shape index (κ2) is 8.07. The van der Waals surface area contributed by atoms with Gasteiger partial charge in [-0.15, -0.1) is 0 Å². The number of anilines is 5. The van der Waals surface area contributed by atoms with Gasteiger partial charge in [0.15, 0.2) is 5.82 Å². The average molecular weight is 405 g/mol. The van der Waals surface area contributed by atoms with Crippen molar-refractivity contribution in [3.05, 3.63) is 71.6 Å². The number of hydrogen-bond acceptors (Lipinski definition) is 8. The first-order chi connectivity index (χ1) is 14.1. The van der Waals surface area contributed by atoms with Crippen LogP contribution in [0.2, 0.25) is 5.02 Å². The molecule has 0 aliphatic rings. The fourth-order valence-electron chi connectivity index (χ4n) is 2.59. The van der Waals surface area contributed by atoms with E-state index in [1.54, 1.807) is 42.7 Å². The van der Waals surface area contributed by atoms with Crippen molar-refractivity contribution in [2.45, 2.75) is 6.92 Å². The minimum Gasteiger partial charge on any atom is -0.397 e. The highest BCUT2D eigenvalue weighted by Crippen LogP contribution is 2.24. The van der Waals surface area contributed by atoms with Crippen molar-refractivity contribution in [1.82, 2.24) is 24.9 Å². The fourth-order valence-corrected chi connectivity index (χ4v) is 2.71. The maximum atomic E-state index is 5.95. The van der Waals surface area contributed by atoms with Gasteiger partial charge in [0.1, 0.15) is 17.3 Å². The molecule has 0 spiro atoms. The lowest BCUT2D eigenvalue weighted by molar-refractivity contribution is 1.11. The lowest BCUT2D eigenvalue weighted by Gasteiger charge is -2.09. The van der Waals surface area contributed by atoms with Crippen molar-refractivity contribution >= 4 is 40.6 Å². The van der Waals surface area contributed by atoms with Crippen molar-refractivity contribution in [2.24, 2.45) is 0 Å². The van der Waals surface area contributed by atoms with Crippen LogP contribution in [0.15, 0.2) is 60.9 Å². The number of aryl methyl sites for hydroxylation is 1. The topological polar surface area (TPSA) is 115 Å². The third-order valence-electron chi connectivity index (χ3n) is 3.94. The molecular weight excluding hydrogens is 388 g/mol. The number of nitrogens with two attached hydrogens (primary N) is 1. The van der Waals surface area contributed by atoms with E-state index in [4.69, 9.17) is 17.3 Å². The maximum Gasteiger partial charge on any atom is 0.229 e. The van der Waals surface area contributed by atoms with Crippen molar-refractivity contribution in [2.75, 3.05) is 16.4 Å². The van der Waals surface area contributed by atoms with E-state index in [9.17, 15) is 0 Å². The molecule has 1 aromatic carbocycles. The molecule has 29 heavy (non-hydrogen) atoms. The van der Waals surface area contributed by atoms with Gasteiger partial charge in [-0.25, -0.2) is 19.9 Å². The van der Waals surface area contributed by atoms with Crippen LogP contribution in [0.3, 0.4) is 0 Å². The van der Waals surface area contributed by atoms with Crippen LogP contribution in [0.5, 0.6) is 0 Å². The second-order valence-electron chi connectivity index (χ2n) is 6.18. The van der Waals surface area contributed by atoms with E-state index in [-0.39, 0.29) is 0 Å². The van der Waals surface area contributed by atoms with Gasteiger partial charge in [-0.3, -0.25) is 0 Å². The number of rotatable bonds is 5. The molecule has 4 N–H and O–H groups in total. The van der Waals surface area contributed by atoms with Crippen molar-refractivity contribution in [3.63, 3.8) is 0 Å². The summed E-state index contributed by atoms with van der Waals surface area (Å²) >= 11 is 5.95. The number of halogens is 1. The Morgan fingerprint density at radius 2 is 1.66 bits per heavy atom. The molecule has 0 aliphatic carbocycles. The Morgan fingerprint density at radius 1 is 0.862 bits per heavy atom. The number of benzene rings is 1. The summed E-state index contributed by atoms with van der Waals surface area (Å²) in [7, 11) is 0. The highest BCUT2D eigenvalue weighted by atomic mass is 35.5. The summed E-state index contributed by atoms with van der Waals surface area (Å²) in [6.45, 7) is 1.93. The number of hydrogen-bond donors (Lipinski definition) is 3. The number of aromatic nitrogens is 5. The Balaban J connectivity index is 1.53. The summed E-state index contributed by atoms with van der Waals surface area (Å²) in [5.41, 5.74) is 8.65. The predicted molar refractivity (Wildman–Crippen MR) is 114 cm³/mol. The average Bonchev–Trinajstić information content (AvgIpc) is 2.71. The molecule has 0 unspecified atom stereocenters. The first kappa shape index (κ1) is 18.6. The first-order valence-electron chi connectivity index (χ1n) is 8.76. The number of nitrogen functional groups attached to an aromatic ring is 1. The van der Waals surface area contributed by atoms with Gasteiger partial charge in [-0.2, -0.15) is 4.98 Å². The Bertz CT molecular complexity index is 1160. The van der Waals surface area contributed by atoms with Crippen LogP contribution in [0.1, 0.15) is 5.69 Å². The van der Waals surface area contributed by atoms with Crippen LogP contribution in [-0.4, -0.2) is 24.9 Å². The number of pyridine rings is 1. The monoisotopic (exact) mass is 404 g/mol. The van der Waals surface area contributed by atoms with Crippen LogP contribution >= 0.6 is 11.6 Å². The summed E-state index contributed by atoms with van der Waals surface area (Å²) in [4.78, 5) is 21.9. The van der Waals surface area contributed by atoms with Crippen LogP contribution in [0.4, 0.5) is 29.0 Å². The molecule has 0 fully saturated rings. The largest absolute Gasteiger partial charge is 0.397 e. The third-order valence-corrected chi connectivity index (χ3v) is 4.28. The van der Waals surface area contributed by atoms with E-state index >= 15 is 0 Å². The van der Waals surface area contributed by atoms with Crippen molar-refractivity contribution in [1.29, 1.82) is 0 Å². The van der Waals surface area contributed by atoms with E-state index in [0.29, 0.717) is 39.8 Å². The molecule has 0 saturated heterocycles. The van der Waals surface area contributed by atoms with Crippen molar-refractivity contribution in [3.8, 4) is 11.5 Å². The van der Waals surface area contributed by atoms with Crippen LogP contribution < -0.4 is 16.4 Å². The standard InChI is InChI=1S/C20H17ClN8/c1-12-3-2-4-16(25-12)19-23-9-7-17(28-19)27-18-8-10-24-20(29-18)26-13-5-6-14(21)15(22)11-13/h2-11H,22H2,1H3,(H2,23,24,26,27,28,29). The SMILES string of the molecule is Cc1cccc(-c2nccc(Nc3ccnc(Nc4ccc(Cl)c(N)c4)n3)n2)n1. The first-order valence-corrected chi connectivity index (χ1v) is 9.14. The maximum absolute atomic E-state index is 5.95. The summed E-state index contributed by atoms with van der Waals surface area (Å²) in [6.07, 6.45) is 3.31. The molecule has 0 radical (unpaired) electrons. The number of nitrogens with one attached hydrogen (secondary N) is 2. The molecule has 144 valence electrons. The van der Waals surface area contributed by atoms with Gasteiger partial charge in [0.2, 0.25) is 5.95 Å². The molecule has 0 bridgehead atoms. The summed E-state index contributed by atoms with van der Waals surface area (Å²) in [6, 6.07) is 14.5. The Morgan fingerprint density at radius 3 is 2.45 bits per heavy atom. The molecule has 9 heteroatoms. The lowest BCUT2D eigenvalue weighted by atomic mass is 10.3. The minimum absolute atomic E-state index is 0.409. The summed E-state index contributed by atoms with van der Waals surface area (Å²) in [5, 5.41) is 6.75. The Hall–Kier alpha value is -3.78. The van der Waals surface area contributed by atoms with E-state index in [0.717, 1.165) is 11.4 Å². The molecule has 4 rings (SSSR count). The molecule has 4 aromatic rings. The van der Waals surface area contributed by atoms with Gasteiger partial charge in [-0.05, 0) is 49.4 Å². The predicted octanol–water partition coefficient (Wildman–Crippen LogP) is 4.36. The van der Waals surface area contributed by atoms with Gasteiger partial charge in [0.25, 0.3) is 0 Å². The molecule has 0 atom stereocenters. The zero-order chi connectivity index (χ0) is 20.2. The molecule has 0 saturated carbocycles. The summed E-state index contributed by atoms with van der Waals surface area (Å²) in [5.74, 6) is 2.11. The highest BCUT2D eigenvalue weighted by Gasteiger charge is 2.07. The van der Waals surface area contributed by atoms with Gasteiger partial charge in [0, 0.05) is 23.8 Å². The normalized spacial score (nSPS) is 10.6. The van der Waals surface area contributed by atoms with Crippen molar-refractivity contribution < 1.29 is 0 Å². The molecule has 0 aliphatic heterocycles. The van der Waals surface area contributed by atoms with Gasteiger partial charge in [0.05, 0.1) is 10.7 Å². The van der Waals surface area contributed by atoms with Crippen LogP contribution in [0, 0.1) is 6.92 Å². The van der Waals surface area contributed by atoms with Gasteiger partial charge < -0.3 is 16.4 Å². The van der Waals surface area contributed by atoms with Crippen LogP contribution in [-0.2, 0) is 0 Å². The zero-order valence-corrected chi connectivity index (χ0v) is 16.2. The summed E-state index contributed by atoms with van der Waals surface area (Å²) < 4.78 is 0. The van der Waals surface area contributed by atoms with Crippen LogP contribution in [0.25, 0.3) is 11.5 Å². The minimum atomic E-state index is 0.409. The van der Waals surface area contributed by atoms with E-state index in [1.165, 1.54) is 0 Å². The van der Waals surface area contributed by atoms with Gasteiger partial charge in [-0.1, -0.05) is 17.7 Å². The van der Waals surface area contributed by atoms with Gasteiger partial charge >= 0.3 is 0 Å². The Kier molecular flexibility index (Phi) is 5.17. The third kappa shape index (κ3) is 4.56. The Labute approximate surface area is 172 Å². The molecule has 3 aromatic heterocycles. The fraction of sp³-hybridized carbons (Fsp3) is 0.0500. The lowest BCUT2D eigenvalue weighted by Crippen LogP contribution is -2.02. The smallest absolute Gasteiger partial charge is 0.229 e. The zero-order valence-electron chi connectivity index (χ0n) is 15.5.